The minimum Gasteiger partial charge on any atom is -0.394 e. The number of aliphatic hydroxyl groups is 2. The molecule has 0 rings (SSSR count). The molecule has 0 bridgehead atoms. The lowest BCUT2D eigenvalue weighted by Crippen LogP contribution is -2.20. The number of amides is 1. The second kappa shape index (κ2) is 13.7. The van der Waals surface area contributed by atoms with Gasteiger partial charge >= 0.3 is 0 Å². The second-order valence-electron chi connectivity index (χ2n) is 7.81. The van der Waals surface area contributed by atoms with Gasteiger partial charge in [0.15, 0.2) is 0 Å². The topological polar surface area (TPSA) is 83.6 Å². The normalized spacial score (nSPS) is 16.8. The Morgan fingerprint density at radius 3 is 1.83 bits per heavy atom. The van der Waals surface area contributed by atoms with Gasteiger partial charge in [0.25, 0.3) is 0 Å². The summed E-state index contributed by atoms with van der Waals surface area (Å²) in [4.78, 5) is 11.0. The summed E-state index contributed by atoms with van der Waals surface area (Å²) >= 11 is 0. The van der Waals surface area contributed by atoms with Gasteiger partial charge in [-0.1, -0.05) is 72.6 Å². The number of nitrogens with two attached hydrogens (primary N) is 1. The van der Waals surface area contributed by atoms with Gasteiger partial charge in [-0.3, -0.25) is 4.79 Å². The minimum atomic E-state index is -0.654. The maximum atomic E-state index is 11.0. The van der Waals surface area contributed by atoms with Crippen molar-refractivity contribution in [3.8, 4) is 0 Å². The van der Waals surface area contributed by atoms with Crippen LogP contribution in [0.15, 0.2) is 0 Å². The number of carbonyl (C=O) groups excluding carboxylic acids is 1. The van der Waals surface area contributed by atoms with Crippen molar-refractivity contribution in [1.29, 1.82) is 0 Å². The molecule has 0 saturated carbocycles. The van der Waals surface area contributed by atoms with Gasteiger partial charge in [-0.2, -0.15) is 0 Å². The predicted octanol–water partition coefficient (Wildman–Crippen LogP) is 3.84. The van der Waals surface area contributed by atoms with E-state index in [0.29, 0.717) is 11.8 Å². The number of carbonyl (C=O) groups is 1. The Hall–Kier alpha value is -0.610. The standard InChI is InChI=1S/C20H40NO3/c1-15(10-6-12-17(3)19(23)14-22)8-5-9-16(2)11-7-13-18(4)20(21)24/h15-16,18-19,22-23H,5-14H2,1-4H3,(H2,21,24). The Bertz CT molecular complexity index is 322. The van der Waals surface area contributed by atoms with Crippen molar-refractivity contribution in [3.05, 3.63) is 5.92 Å². The van der Waals surface area contributed by atoms with Gasteiger partial charge < -0.3 is 15.9 Å². The molecule has 1 radical (unpaired) electrons. The van der Waals surface area contributed by atoms with Crippen molar-refractivity contribution in [2.24, 2.45) is 23.5 Å². The summed E-state index contributed by atoms with van der Waals surface area (Å²) in [6.07, 6.45) is 9.46. The molecule has 4 atom stereocenters. The number of aliphatic hydroxyl groups excluding tert-OH is 2. The van der Waals surface area contributed by atoms with E-state index < -0.39 is 6.10 Å². The third-order valence-electron chi connectivity index (χ3n) is 5.22. The van der Waals surface area contributed by atoms with Gasteiger partial charge in [0, 0.05) is 11.8 Å². The molecule has 0 aromatic heterocycles. The largest absolute Gasteiger partial charge is 0.394 e. The van der Waals surface area contributed by atoms with E-state index in [1.807, 2.05) is 13.8 Å². The van der Waals surface area contributed by atoms with Crippen LogP contribution < -0.4 is 5.73 Å². The minimum absolute atomic E-state index is 0.00170. The van der Waals surface area contributed by atoms with E-state index in [0.717, 1.165) is 31.6 Å². The molecule has 0 saturated heterocycles. The average molecular weight is 343 g/mol. The molecule has 0 aliphatic rings. The SMILES string of the molecule is C[C](CCCC(C)CCCC(C)CCCC(C)C(N)=O)C(O)CO. The second-order valence-corrected chi connectivity index (χ2v) is 7.81. The molecule has 0 aliphatic carbocycles. The van der Waals surface area contributed by atoms with Crippen LogP contribution >= 0.6 is 0 Å². The van der Waals surface area contributed by atoms with Crippen molar-refractivity contribution in [2.75, 3.05) is 6.61 Å². The van der Waals surface area contributed by atoms with Crippen LogP contribution in [0.25, 0.3) is 0 Å². The Kier molecular flexibility index (Phi) is 13.3. The molecule has 0 fully saturated rings. The summed E-state index contributed by atoms with van der Waals surface area (Å²) in [7, 11) is 0. The Morgan fingerprint density at radius 1 is 0.917 bits per heavy atom. The van der Waals surface area contributed by atoms with E-state index in [4.69, 9.17) is 10.8 Å². The van der Waals surface area contributed by atoms with Gasteiger partial charge in [-0.15, -0.1) is 0 Å². The molecule has 0 aromatic rings. The fourth-order valence-corrected chi connectivity index (χ4v) is 3.07. The maximum absolute atomic E-state index is 11.0. The zero-order valence-corrected chi connectivity index (χ0v) is 16.3. The van der Waals surface area contributed by atoms with Gasteiger partial charge in [0.1, 0.15) is 0 Å². The molecule has 4 unspecified atom stereocenters. The molecule has 1 amide bonds. The van der Waals surface area contributed by atoms with Crippen molar-refractivity contribution in [2.45, 2.75) is 91.6 Å². The molecular formula is C20H40NO3. The van der Waals surface area contributed by atoms with E-state index in [9.17, 15) is 9.90 Å². The first-order chi connectivity index (χ1) is 11.3. The Balaban J connectivity index is 3.62. The highest BCUT2D eigenvalue weighted by molar-refractivity contribution is 5.76. The zero-order chi connectivity index (χ0) is 18.5. The summed E-state index contributed by atoms with van der Waals surface area (Å²) in [5.41, 5.74) is 5.28. The van der Waals surface area contributed by atoms with Crippen LogP contribution in [0.4, 0.5) is 0 Å². The van der Waals surface area contributed by atoms with E-state index >= 15 is 0 Å². The van der Waals surface area contributed by atoms with Crippen LogP contribution in [-0.2, 0) is 4.79 Å². The average Bonchev–Trinajstić information content (AvgIpc) is 2.53. The Labute approximate surface area is 149 Å². The van der Waals surface area contributed by atoms with Crippen LogP contribution in [0.2, 0.25) is 0 Å². The predicted molar refractivity (Wildman–Crippen MR) is 100 cm³/mol. The first kappa shape index (κ1) is 23.4. The number of hydrogen-bond donors (Lipinski definition) is 3. The maximum Gasteiger partial charge on any atom is 0.220 e. The lowest BCUT2D eigenvalue weighted by Gasteiger charge is -2.18. The summed E-state index contributed by atoms with van der Waals surface area (Å²) in [5, 5.41) is 18.4. The first-order valence-electron chi connectivity index (χ1n) is 9.68. The van der Waals surface area contributed by atoms with Crippen LogP contribution in [0.3, 0.4) is 0 Å². The van der Waals surface area contributed by atoms with Crippen molar-refractivity contribution in [1.82, 2.24) is 0 Å². The molecular weight excluding hydrogens is 302 g/mol. The highest BCUT2D eigenvalue weighted by Crippen LogP contribution is 2.23. The lowest BCUT2D eigenvalue weighted by atomic mass is 9.90. The van der Waals surface area contributed by atoms with E-state index in [1.54, 1.807) is 0 Å². The number of primary amides is 1. The van der Waals surface area contributed by atoms with Crippen LogP contribution in [0.1, 0.15) is 85.5 Å². The molecule has 143 valence electrons. The van der Waals surface area contributed by atoms with Crippen LogP contribution in [0, 0.1) is 23.7 Å². The third-order valence-corrected chi connectivity index (χ3v) is 5.22. The smallest absolute Gasteiger partial charge is 0.220 e. The highest BCUT2D eigenvalue weighted by Gasteiger charge is 2.14. The van der Waals surface area contributed by atoms with Gasteiger partial charge in [0.05, 0.1) is 12.7 Å². The molecule has 0 heterocycles. The molecule has 0 aromatic carbocycles. The number of rotatable bonds is 15. The fourth-order valence-electron chi connectivity index (χ4n) is 3.07. The van der Waals surface area contributed by atoms with Gasteiger partial charge in [-0.05, 0) is 24.7 Å². The van der Waals surface area contributed by atoms with Crippen molar-refractivity contribution < 1.29 is 15.0 Å². The lowest BCUT2D eigenvalue weighted by molar-refractivity contribution is -0.121. The summed E-state index contributed by atoms with van der Waals surface area (Å²) in [5.74, 6) is 2.24. The molecule has 24 heavy (non-hydrogen) atoms. The first-order valence-corrected chi connectivity index (χ1v) is 9.68. The highest BCUT2D eigenvalue weighted by atomic mass is 16.3. The molecule has 0 spiro atoms. The number of hydrogen-bond acceptors (Lipinski definition) is 3. The van der Waals surface area contributed by atoms with Crippen LogP contribution in [0.5, 0.6) is 0 Å². The molecule has 4 nitrogen and oxygen atoms in total. The molecule has 4 heteroatoms. The zero-order valence-electron chi connectivity index (χ0n) is 16.3. The van der Waals surface area contributed by atoms with Gasteiger partial charge in [-0.25, -0.2) is 0 Å². The van der Waals surface area contributed by atoms with Crippen molar-refractivity contribution in [3.63, 3.8) is 0 Å². The van der Waals surface area contributed by atoms with Crippen LogP contribution in [-0.4, -0.2) is 28.8 Å². The molecule has 0 aliphatic heterocycles. The monoisotopic (exact) mass is 342 g/mol. The van der Waals surface area contributed by atoms with E-state index in [-0.39, 0.29) is 18.4 Å². The van der Waals surface area contributed by atoms with Gasteiger partial charge in [0.2, 0.25) is 5.91 Å². The fraction of sp³-hybridized carbons (Fsp3) is 0.900. The summed E-state index contributed by atoms with van der Waals surface area (Å²) in [6.45, 7) is 8.27. The quantitative estimate of drug-likeness (QED) is 0.423. The molecule has 4 N–H and O–H groups in total. The summed E-state index contributed by atoms with van der Waals surface area (Å²) < 4.78 is 0. The summed E-state index contributed by atoms with van der Waals surface area (Å²) in [6, 6.07) is 0. The van der Waals surface area contributed by atoms with E-state index in [1.165, 1.54) is 32.1 Å². The van der Waals surface area contributed by atoms with E-state index in [2.05, 4.69) is 13.8 Å². The van der Waals surface area contributed by atoms with Crippen molar-refractivity contribution >= 4 is 5.91 Å². The third kappa shape index (κ3) is 11.9. The Morgan fingerprint density at radius 2 is 1.38 bits per heavy atom.